The van der Waals surface area contributed by atoms with Gasteiger partial charge in [-0.2, -0.15) is 4.31 Å². The molecule has 0 aliphatic rings. The molecule has 0 atom stereocenters. The fraction of sp³-hybridized carbons (Fsp3) is 0.200. The van der Waals surface area contributed by atoms with Gasteiger partial charge in [-0.25, -0.2) is 13.4 Å². The standard InChI is InChI=1S/C20H19ClN2O4S2/c1-14-3-5-15(6-4-14)20-22-17(13-28-20)12-27-19(24)11-23(2)29(25,26)18-9-7-16(21)8-10-18/h3-10,13H,11-12H2,1-2H3. The van der Waals surface area contributed by atoms with Crippen LogP contribution in [0, 0.1) is 6.92 Å². The summed E-state index contributed by atoms with van der Waals surface area (Å²) in [6.45, 7) is 1.59. The first kappa shape index (κ1) is 21.4. The van der Waals surface area contributed by atoms with Crippen molar-refractivity contribution in [2.24, 2.45) is 0 Å². The average molecular weight is 451 g/mol. The van der Waals surface area contributed by atoms with Gasteiger partial charge in [-0.05, 0) is 31.2 Å². The number of rotatable bonds is 7. The Morgan fingerprint density at radius 2 is 1.79 bits per heavy atom. The van der Waals surface area contributed by atoms with Gasteiger partial charge >= 0.3 is 5.97 Å². The summed E-state index contributed by atoms with van der Waals surface area (Å²) in [5.41, 5.74) is 2.77. The van der Waals surface area contributed by atoms with Crippen LogP contribution in [-0.2, 0) is 26.2 Å². The van der Waals surface area contributed by atoms with Crippen molar-refractivity contribution in [1.29, 1.82) is 0 Å². The number of carbonyl (C=O) groups excluding carboxylic acids is 1. The topological polar surface area (TPSA) is 76.6 Å². The van der Waals surface area contributed by atoms with Crippen LogP contribution < -0.4 is 0 Å². The molecule has 0 saturated heterocycles. The van der Waals surface area contributed by atoms with Gasteiger partial charge in [-0.3, -0.25) is 4.79 Å². The SMILES string of the molecule is Cc1ccc(-c2nc(COC(=O)CN(C)S(=O)(=O)c3ccc(Cl)cc3)cs2)cc1. The van der Waals surface area contributed by atoms with Gasteiger partial charge in [0.1, 0.15) is 18.2 Å². The second-order valence-corrected chi connectivity index (χ2v) is 9.73. The zero-order chi connectivity index (χ0) is 21.0. The fourth-order valence-corrected chi connectivity index (χ4v) is 4.51. The molecule has 1 heterocycles. The average Bonchev–Trinajstić information content (AvgIpc) is 3.16. The van der Waals surface area contributed by atoms with Gasteiger partial charge in [0.2, 0.25) is 10.0 Å². The van der Waals surface area contributed by atoms with Crippen LogP contribution in [0.4, 0.5) is 0 Å². The van der Waals surface area contributed by atoms with Crippen LogP contribution in [0.15, 0.2) is 58.8 Å². The fourth-order valence-electron chi connectivity index (χ4n) is 2.46. The Kier molecular flexibility index (Phi) is 6.69. The highest BCUT2D eigenvalue weighted by atomic mass is 35.5. The third-order valence-electron chi connectivity index (χ3n) is 4.10. The minimum absolute atomic E-state index is 0.0178. The molecule has 0 radical (unpaired) electrons. The molecule has 0 saturated carbocycles. The van der Waals surface area contributed by atoms with E-state index in [1.807, 2.05) is 36.6 Å². The Morgan fingerprint density at radius 3 is 2.45 bits per heavy atom. The molecular weight excluding hydrogens is 432 g/mol. The number of esters is 1. The Labute approximate surface area is 178 Å². The second-order valence-electron chi connectivity index (χ2n) is 6.39. The Morgan fingerprint density at radius 1 is 1.14 bits per heavy atom. The van der Waals surface area contributed by atoms with Crippen molar-refractivity contribution in [3.8, 4) is 10.6 Å². The van der Waals surface area contributed by atoms with E-state index >= 15 is 0 Å². The van der Waals surface area contributed by atoms with Gasteiger partial charge in [0.15, 0.2) is 0 Å². The zero-order valence-electron chi connectivity index (χ0n) is 15.8. The van der Waals surface area contributed by atoms with Crippen molar-refractivity contribution >= 4 is 38.9 Å². The number of sulfonamides is 1. The zero-order valence-corrected chi connectivity index (χ0v) is 18.2. The van der Waals surface area contributed by atoms with Crippen molar-refractivity contribution in [2.75, 3.05) is 13.6 Å². The minimum atomic E-state index is -3.81. The van der Waals surface area contributed by atoms with E-state index in [1.54, 1.807) is 0 Å². The number of halogens is 1. The summed E-state index contributed by atoms with van der Waals surface area (Å²) in [4.78, 5) is 16.6. The first-order valence-corrected chi connectivity index (χ1v) is 11.3. The predicted octanol–water partition coefficient (Wildman–Crippen LogP) is 4.14. The minimum Gasteiger partial charge on any atom is -0.458 e. The highest BCUT2D eigenvalue weighted by molar-refractivity contribution is 7.89. The Balaban J connectivity index is 1.57. The van der Waals surface area contributed by atoms with Crippen LogP contribution >= 0.6 is 22.9 Å². The van der Waals surface area contributed by atoms with E-state index in [9.17, 15) is 13.2 Å². The van der Waals surface area contributed by atoms with Gasteiger partial charge < -0.3 is 4.74 Å². The van der Waals surface area contributed by atoms with Gasteiger partial charge in [0, 0.05) is 23.0 Å². The number of benzene rings is 2. The molecule has 0 aliphatic carbocycles. The molecule has 3 rings (SSSR count). The Hall–Kier alpha value is -2.26. The van der Waals surface area contributed by atoms with E-state index in [4.69, 9.17) is 16.3 Å². The lowest BCUT2D eigenvalue weighted by Gasteiger charge is -2.16. The lowest BCUT2D eigenvalue weighted by Crippen LogP contribution is -2.33. The highest BCUT2D eigenvalue weighted by Crippen LogP contribution is 2.24. The predicted molar refractivity (Wildman–Crippen MR) is 113 cm³/mol. The van der Waals surface area contributed by atoms with Crippen molar-refractivity contribution < 1.29 is 17.9 Å². The van der Waals surface area contributed by atoms with Crippen molar-refractivity contribution in [3.63, 3.8) is 0 Å². The Bertz CT molecular complexity index is 1090. The maximum absolute atomic E-state index is 12.5. The second kappa shape index (κ2) is 9.04. The third kappa shape index (κ3) is 5.42. The molecular formula is C20H19ClN2O4S2. The maximum Gasteiger partial charge on any atom is 0.321 e. The van der Waals surface area contributed by atoms with E-state index in [-0.39, 0.29) is 11.5 Å². The summed E-state index contributed by atoms with van der Waals surface area (Å²) in [5, 5.41) is 3.08. The molecule has 0 aliphatic heterocycles. The molecule has 0 bridgehead atoms. The number of likely N-dealkylation sites (N-methyl/N-ethyl adjacent to an activating group) is 1. The van der Waals surface area contributed by atoms with Crippen LogP contribution in [0.3, 0.4) is 0 Å². The normalized spacial score (nSPS) is 11.6. The third-order valence-corrected chi connectivity index (χ3v) is 7.11. The first-order valence-electron chi connectivity index (χ1n) is 8.64. The number of carbonyl (C=O) groups is 1. The van der Waals surface area contributed by atoms with Gasteiger partial charge in [-0.15, -0.1) is 11.3 Å². The van der Waals surface area contributed by atoms with E-state index in [0.29, 0.717) is 10.7 Å². The van der Waals surface area contributed by atoms with Crippen LogP contribution in [0.2, 0.25) is 5.02 Å². The van der Waals surface area contributed by atoms with Crippen LogP contribution in [-0.4, -0.2) is 37.3 Å². The summed E-state index contributed by atoms with van der Waals surface area (Å²) in [5.74, 6) is -0.657. The number of hydrogen-bond donors (Lipinski definition) is 0. The quantitative estimate of drug-likeness (QED) is 0.506. The molecule has 0 amide bonds. The van der Waals surface area contributed by atoms with Crippen LogP contribution in [0.25, 0.3) is 10.6 Å². The van der Waals surface area contributed by atoms with E-state index in [1.165, 1.54) is 42.6 Å². The summed E-state index contributed by atoms with van der Waals surface area (Å²) < 4.78 is 31.1. The summed E-state index contributed by atoms with van der Waals surface area (Å²) >= 11 is 7.24. The molecule has 0 N–H and O–H groups in total. The number of aryl methyl sites for hydroxylation is 1. The summed E-state index contributed by atoms with van der Waals surface area (Å²) in [7, 11) is -2.49. The monoisotopic (exact) mass is 450 g/mol. The number of ether oxygens (including phenoxy) is 1. The highest BCUT2D eigenvalue weighted by Gasteiger charge is 2.23. The number of thiazole rings is 1. The number of hydrogen-bond acceptors (Lipinski definition) is 6. The molecule has 1 aromatic heterocycles. The molecule has 0 spiro atoms. The molecule has 0 unspecified atom stereocenters. The molecule has 29 heavy (non-hydrogen) atoms. The van der Waals surface area contributed by atoms with Crippen molar-refractivity contribution in [1.82, 2.24) is 9.29 Å². The molecule has 2 aromatic carbocycles. The lowest BCUT2D eigenvalue weighted by molar-refractivity contribution is -0.145. The van der Waals surface area contributed by atoms with Crippen LogP contribution in [0.1, 0.15) is 11.3 Å². The van der Waals surface area contributed by atoms with Crippen molar-refractivity contribution in [2.45, 2.75) is 18.4 Å². The number of nitrogens with zero attached hydrogens (tertiary/aromatic N) is 2. The smallest absolute Gasteiger partial charge is 0.321 e. The molecule has 9 heteroatoms. The summed E-state index contributed by atoms with van der Waals surface area (Å²) in [6, 6.07) is 13.7. The molecule has 3 aromatic rings. The first-order chi connectivity index (χ1) is 13.8. The van der Waals surface area contributed by atoms with Crippen molar-refractivity contribution in [3.05, 3.63) is 70.2 Å². The molecule has 0 fully saturated rings. The molecule has 6 nitrogen and oxygen atoms in total. The maximum atomic E-state index is 12.5. The van der Waals surface area contributed by atoms with Gasteiger partial charge in [0.05, 0.1) is 10.6 Å². The largest absolute Gasteiger partial charge is 0.458 e. The van der Waals surface area contributed by atoms with E-state index in [0.717, 1.165) is 20.4 Å². The van der Waals surface area contributed by atoms with E-state index in [2.05, 4.69) is 4.98 Å². The van der Waals surface area contributed by atoms with Gasteiger partial charge in [-0.1, -0.05) is 41.4 Å². The summed E-state index contributed by atoms with van der Waals surface area (Å²) in [6.07, 6.45) is 0. The molecule has 152 valence electrons. The lowest BCUT2D eigenvalue weighted by atomic mass is 10.2. The van der Waals surface area contributed by atoms with Crippen LogP contribution in [0.5, 0.6) is 0 Å². The van der Waals surface area contributed by atoms with E-state index < -0.39 is 22.5 Å². The van der Waals surface area contributed by atoms with Gasteiger partial charge in [0.25, 0.3) is 0 Å². The number of aromatic nitrogens is 1.